The highest BCUT2D eigenvalue weighted by Crippen LogP contribution is 2.27. The normalized spacial score (nSPS) is 11.5. The van der Waals surface area contributed by atoms with Crippen molar-refractivity contribution in [3.05, 3.63) is 29.8 Å². The molecule has 0 fully saturated rings. The third kappa shape index (κ3) is 2.95. The number of hydrogen-bond acceptors (Lipinski definition) is 3. The molecule has 0 aromatic heterocycles. The SMILES string of the molecule is COOB(O)c1ccccc1C(F)(F)F. The fourth-order valence-corrected chi connectivity index (χ4v) is 1.11. The van der Waals surface area contributed by atoms with Crippen molar-refractivity contribution in [2.75, 3.05) is 7.11 Å². The van der Waals surface area contributed by atoms with E-state index in [0.29, 0.717) is 0 Å². The second-order valence-electron chi connectivity index (χ2n) is 2.70. The molecule has 0 aliphatic heterocycles. The predicted octanol–water partition coefficient (Wildman–Crippen LogP) is 0.971. The van der Waals surface area contributed by atoms with Crippen molar-refractivity contribution in [1.82, 2.24) is 0 Å². The van der Waals surface area contributed by atoms with E-state index in [1.165, 1.54) is 12.1 Å². The maximum atomic E-state index is 12.4. The van der Waals surface area contributed by atoms with Crippen molar-refractivity contribution in [2.24, 2.45) is 0 Å². The van der Waals surface area contributed by atoms with Gasteiger partial charge < -0.3 is 5.02 Å². The summed E-state index contributed by atoms with van der Waals surface area (Å²) in [6.07, 6.45) is -4.53. The first kappa shape index (κ1) is 12.0. The largest absolute Gasteiger partial charge is 0.523 e. The fourth-order valence-electron chi connectivity index (χ4n) is 1.11. The van der Waals surface area contributed by atoms with E-state index in [2.05, 4.69) is 9.69 Å². The van der Waals surface area contributed by atoms with Gasteiger partial charge in [0.25, 0.3) is 0 Å². The summed E-state index contributed by atoms with van der Waals surface area (Å²) in [4.78, 5) is 8.33. The number of benzene rings is 1. The number of halogens is 3. The van der Waals surface area contributed by atoms with Crippen LogP contribution in [-0.4, -0.2) is 19.3 Å². The maximum Gasteiger partial charge on any atom is 0.523 e. The van der Waals surface area contributed by atoms with Crippen molar-refractivity contribution >= 4 is 12.6 Å². The van der Waals surface area contributed by atoms with Crippen LogP contribution in [0.2, 0.25) is 0 Å². The Morgan fingerprint density at radius 2 is 1.87 bits per heavy atom. The summed E-state index contributed by atoms with van der Waals surface area (Å²) in [6, 6.07) is 4.57. The summed E-state index contributed by atoms with van der Waals surface area (Å²) in [6.45, 7) is 0. The topological polar surface area (TPSA) is 38.7 Å². The third-order valence-electron chi connectivity index (χ3n) is 1.72. The maximum absolute atomic E-state index is 12.4. The summed E-state index contributed by atoms with van der Waals surface area (Å²) in [5.41, 5.74) is -1.33. The van der Waals surface area contributed by atoms with Gasteiger partial charge in [-0.1, -0.05) is 24.3 Å². The molecule has 1 rings (SSSR count). The first-order valence-corrected chi connectivity index (χ1v) is 4.00. The molecule has 15 heavy (non-hydrogen) atoms. The van der Waals surface area contributed by atoms with Crippen LogP contribution < -0.4 is 5.46 Å². The highest BCUT2D eigenvalue weighted by Gasteiger charge is 2.36. The minimum absolute atomic E-state index is 0.383. The summed E-state index contributed by atoms with van der Waals surface area (Å²) in [5, 5.41) is 9.22. The van der Waals surface area contributed by atoms with Crippen LogP contribution in [0.3, 0.4) is 0 Å². The highest BCUT2D eigenvalue weighted by atomic mass is 19.4. The van der Waals surface area contributed by atoms with E-state index in [1.807, 2.05) is 0 Å². The molecule has 1 aromatic carbocycles. The third-order valence-corrected chi connectivity index (χ3v) is 1.72. The van der Waals surface area contributed by atoms with E-state index < -0.39 is 18.9 Å². The van der Waals surface area contributed by atoms with Crippen LogP contribution >= 0.6 is 0 Å². The Morgan fingerprint density at radius 1 is 1.27 bits per heavy atom. The second-order valence-corrected chi connectivity index (χ2v) is 2.70. The van der Waals surface area contributed by atoms with Gasteiger partial charge in [0, 0.05) is 0 Å². The first-order chi connectivity index (χ1) is 6.96. The first-order valence-electron chi connectivity index (χ1n) is 4.00. The Balaban J connectivity index is 3.06. The van der Waals surface area contributed by atoms with Crippen molar-refractivity contribution in [1.29, 1.82) is 0 Å². The van der Waals surface area contributed by atoms with E-state index in [4.69, 9.17) is 0 Å². The van der Waals surface area contributed by atoms with Gasteiger partial charge in [0.15, 0.2) is 0 Å². The smallest absolute Gasteiger partial charge is 0.422 e. The summed E-state index contributed by atoms with van der Waals surface area (Å²) < 4.78 is 37.3. The molecular weight excluding hydrogens is 212 g/mol. The van der Waals surface area contributed by atoms with E-state index in [9.17, 15) is 18.2 Å². The lowest BCUT2D eigenvalue weighted by atomic mass is 9.76. The number of rotatable bonds is 3. The molecule has 0 atom stereocenters. The zero-order chi connectivity index (χ0) is 11.5. The molecule has 0 saturated carbocycles. The predicted molar refractivity (Wildman–Crippen MR) is 47.1 cm³/mol. The van der Waals surface area contributed by atoms with Crippen molar-refractivity contribution in [2.45, 2.75) is 6.18 Å². The number of hydrogen-bond donors (Lipinski definition) is 1. The molecule has 3 nitrogen and oxygen atoms in total. The molecule has 0 unspecified atom stereocenters. The molecule has 0 saturated heterocycles. The van der Waals surface area contributed by atoms with Gasteiger partial charge in [-0.3, -0.25) is 9.69 Å². The molecular formula is C8H8BF3O3. The number of alkyl halides is 3. The van der Waals surface area contributed by atoms with Crippen LogP contribution in [0.25, 0.3) is 0 Å². The van der Waals surface area contributed by atoms with Gasteiger partial charge in [0.1, 0.15) is 0 Å². The molecule has 82 valence electrons. The summed E-state index contributed by atoms with van der Waals surface area (Å²) in [5.74, 6) is 0. The molecule has 0 amide bonds. The van der Waals surface area contributed by atoms with E-state index in [0.717, 1.165) is 19.2 Å². The molecule has 7 heteroatoms. The molecule has 0 aliphatic rings. The Kier molecular flexibility index (Phi) is 3.73. The lowest BCUT2D eigenvalue weighted by Crippen LogP contribution is -2.38. The summed E-state index contributed by atoms with van der Waals surface area (Å²) in [7, 11) is -0.660. The van der Waals surface area contributed by atoms with Gasteiger partial charge in [-0.05, 0) is 5.46 Å². The van der Waals surface area contributed by atoms with Crippen LogP contribution in [0.15, 0.2) is 24.3 Å². The van der Waals surface area contributed by atoms with E-state index in [1.54, 1.807) is 0 Å². The quantitative estimate of drug-likeness (QED) is 0.468. The molecule has 1 N–H and O–H groups in total. The van der Waals surface area contributed by atoms with Crippen LogP contribution in [0.5, 0.6) is 0 Å². The molecule has 0 bridgehead atoms. The monoisotopic (exact) mass is 220 g/mol. The Morgan fingerprint density at radius 3 is 2.40 bits per heavy atom. The van der Waals surface area contributed by atoms with Gasteiger partial charge in [-0.2, -0.15) is 13.2 Å². The Bertz CT molecular complexity index is 329. The van der Waals surface area contributed by atoms with Gasteiger partial charge in [-0.15, -0.1) is 0 Å². The average molecular weight is 220 g/mol. The summed E-state index contributed by atoms with van der Waals surface area (Å²) >= 11 is 0. The zero-order valence-corrected chi connectivity index (χ0v) is 7.78. The van der Waals surface area contributed by atoms with Crippen LogP contribution in [0, 0.1) is 0 Å². The van der Waals surface area contributed by atoms with Crippen molar-refractivity contribution in [3.63, 3.8) is 0 Å². The van der Waals surface area contributed by atoms with Crippen LogP contribution in [0.1, 0.15) is 5.56 Å². The van der Waals surface area contributed by atoms with Gasteiger partial charge >= 0.3 is 13.3 Å². The Hall–Kier alpha value is -1.05. The minimum Gasteiger partial charge on any atom is -0.422 e. The lowest BCUT2D eigenvalue weighted by Gasteiger charge is -2.13. The lowest BCUT2D eigenvalue weighted by molar-refractivity contribution is -0.193. The molecule has 0 aliphatic carbocycles. The van der Waals surface area contributed by atoms with E-state index in [-0.39, 0.29) is 5.46 Å². The standard InChI is InChI=1S/C8H8BF3O3/c1-14-15-9(13)7-5-3-2-4-6(7)8(10,11)12/h2-5,13H,1H3. The minimum atomic E-state index is -4.53. The van der Waals surface area contributed by atoms with E-state index >= 15 is 0 Å². The fraction of sp³-hybridized carbons (Fsp3) is 0.250. The van der Waals surface area contributed by atoms with Crippen molar-refractivity contribution < 1.29 is 27.9 Å². The zero-order valence-electron chi connectivity index (χ0n) is 7.78. The van der Waals surface area contributed by atoms with Gasteiger partial charge in [0.2, 0.25) is 0 Å². The van der Waals surface area contributed by atoms with Crippen molar-refractivity contribution in [3.8, 4) is 0 Å². The molecule has 0 radical (unpaired) electrons. The average Bonchev–Trinajstić information content (AvgIpc) is 2.17. The van der Waals surface area contributed by atoms with Crippen LogP contribution in [0.4, 0.5) is 13.2 Å². The Labute approximate surface area is 84.5 Å². The molecule has 0 spiro atoms. The van der Waals surface area contributed by atoms with Crippen LogP contribution in [-0.2, 0) is 15.9 Å². The second kappa shape index (κ2) is 4.65. The molecule has 1 aromatic rings. The molecule has 0 heterocycles. The van der Waals surface area contributed by atoms with Gasteiger partial charge in [-0.25, -0.2) is 0 Å². The van der Waals surface area contributed by atoms with Gasteiger partial charge in [0.05, 0.1) is 12.7 Å². The highest BCUT2D eigenvalue weighted by molar-refractivity contribution is 6.60.